The number of hydrogen-bond acceptors (Lipinski definition) is 4. The summed E-state index contributed by atoms with van der Waals surface area (Å²) in [6.07, 6.45) is 0. The van der Waals surface area contributed by atoms with Crippen molar-refractivity contribution in [2.75, 3.05) is 25.3 Å². The van der Waals surface area contributed by atoms with E-state index in [0.717, 1.165) is 5.75 Å². The molecule has 0 radical (unpaired) electrons. The molecule has 0 aromatic heterocycles. The Morgan fingerprint density at radius 3 is 2.40 bits per heavy atom. The third kappa shape index (κ3) is 5.71. The lowest BCUT2D eigenvalue weighted by atomic mass is 10.0. The molecule has 0 spiro atoms. The molecule has 0 saturated carbocycles. The summed E-state index contributed by atoms with van der Waals surface area (Å²) >= 11 is 1.59. The number of methoxy groups -OCH3 is 2. The van der Waals surface area contributed by atoms with E-state index in [1.165, 1.54) is 11.1 Å². The van der Waals surface area contributed by atoms with E-state index in [4.69, 9.17) is 9.47 Å². The van der Waals surface area contributed by atoms with E-state index >= 15 is 0 Å². The van der Waals surface area contributed by atoms with Crippen LogP contribution in [-0.4, -0.2) is 25.9 Å². The van der Waals surface area contributed by atoms with E-state index in [0.29, 0.717) is 28.9 Å². The van der Waals surface area contributed by atoms with Crippen LogP contribution in [0.2, 0.25) is 0 Å². The van der Waals surface area contributed by atoms with Crippen molar-refractivity contribution in [2.24, 2.45) is 0 Å². The summed E-state index contributed by atoms with van der Waals surface area (Å²) in [4.78, 5) is 12.2. The van der Waals surface area contributed by atoms with Gasteiger partial charge in [0.15, 0.2) is 0 Å². The molecule has 0 unspecified atom stereocenters. The van der Waals surface area contributed by atoms with Crippen molar-refractivity contribution in [1.82, 2.24) is 0 Å². The van der Waals surface area contributed by atoms with Crippen LogP contribution in [0, 0.1) is 0 Å². The molecule has 0 aliphatic carbocycles. The minimum atomic E-state index is -0.0599. The average Bonchev–Trinajstić information content (AvgIpc) is 2.62. The molecule has 4 nitrogen and oxygen atoms in total. The first-order chi connectivity index (χ1) is 12.0. The fourth-order valence-corrected chi connectivity index (χ4v) is 3.15. The highest BCUT2D eigenvalue weighted by atomic mass is 32.2. The van der Waals surface area contributed by atoms with Gasteiger partial charge in [-0.15, -0.1) is 11.8 Å². The number of rotatable bonds is 8. The first kappa shape index (κ1) is 19.2. The molecule has 134 valence electrons. The van der Waals surface area contributed by atoms with Crippen LogP contribution in [0.25, 0.3) is 0 Å². The zero-order valence-corrected chi connectivity index (χ0v) is 16.0. The highest BCUT2D eigenvalue weighted by molar-refractivity contribution is 7.99. The van der Waals surface area contributed by atoms with E-state index < -0.39 is 0 Å². The smallest absolute Gasteiger partial charge is 0.234 e. The summed E-state index contributed by atoms with van der Waals surface area (Å²) in [6.45, 7) is 4.36. The summed E-state index contributed by atoms with van der Waals surface area (Å²) in [5.74, 6) is 2.95. The van der Waals surface area contributed by atoms with Gasteiger partial charge in [0.05, 0.1) is 25.7 Å². The average molecular weight is 359 g/mol. The van der Waals surface area contributed by atoms with Crippen molar-refractivity contribution in [3.63, 3.8) is 0 Å². The van der Waals surface area contributed by atoms with E-state index in [1.807, 2.05) is 0 Å². The highest BCUT2D eigenvalue weighted by Gasteiger charge is 2.09. The predicted molar refractivity (Wildman–Crippen MR) is 105 cm³/mol. The Morgan fingerprint density at radius 1 is 1.08 bits per heavy atom. The third-order valence-electron chi connectivity index (χ3n) is 3.83. The monoisotopic (exact) mass is 359 g/mol. The largest absolute Gasteiger partial charge is 0.497 e. The maximum Gasteiger partial charge on any atom is 0.234 e. The second-order valence-corrected chi connectivity index (χ2v) is 6.99. The molecule has 1 amide bonds. The van der Waals surface area contributed by atoms with Crippen LogP contribution in [0.15, 0.2) is 42.5 Å². The van der Waals surface area contributed by atoms with Crippen LogP contribution in [0.1, 0.15) is 30.9 Å². The summed E-state index contributed by atoms with van der Waals surface area (Å²) in [7, 11) is 3.17. The van der Waals surface area contributed by atoms with Crippen molar-refractivity contribution in [1.29, 1.82) is 0 Å². The number of thioether (sulfide) groups is 1. The minimum absolute atomic E-state index is 0.0599. The van der Waals surface area contributed by atoms with Gasteiger partial charge < -0.3 is 14.8 Å². The lowest BCUT2D eigenvalue weighted by Gasteiger charge is -2.12. The van der Waals surface area contributed by atoms with Crippen LogP contribution in [0.4, 0.5) is 5.69 Å². The van der Waals surface area contributed by atoms with Crippen LogP contribution in [-0.2, 0) is 10.5 Å². The summed E-state index contributed by atoms with van der Waals surface area (Å²) in [5.41, 5.74) is 3.17. The number of anilines is 1. The maximum absolute atomic E-state index is 12.2. The number of carbonyl (C=O) groups is 1. The van der Waals surface area contributed by atoms with Crippen molar-refractivity contribution in [3.8, 4) is 11.5 Å². The molecule has 0 fully saturated rings. The van der Waals surface area contributed by atoms with Crippen LogP contribution in [0.5, 0.6) is 11.5 Å². The molecule has 0 heterocycles. The number of carbonyl (C=O) groups excluding carboxylic acids is 1. The summed E-state index contributed by atoms with van der Waals surface area (Å²) in [6, 6.07) is 13.9. The Hall–Kier alpha value is -2.14. The first-order valence-electron chi connectivity index (χ1n) is 8.22. The quantitative estimate of drug-likeness (QED) is 0.742. The van der Waals surface area contributed by atoms with E-state index in [2.05, 4.69) is 43.4 Å². The van der Waals surface area contributed by atoms with Gasteiger partial charge in [-0.2, -0.15) is 0 Å². The Morgan fingerprint density at radius 2 is 1.80 bits per heavy atom. The standard InChI is InChI=1S/C20H25NO3S/c1-14(2)16-7-5-15(6-8-16)12-25-13-20(22)21-18-11-17(23-3)9-10-19(18)24-4/h5-11,14H,12-13H2,1-4H3,(H,21,22). The number of benzene rings is 2. The molecule has 2 aromatic carbocycles. The number of amides is 1. The fraction of sp³-hybridized carbons (Fsp3) is 0.350. The SMILES string of the molecule is COc1ccc(OC)c(NC(=O)CSCc2ccc(C(C)C)cc2)c1. The van der Waals surface area contributed by atoms with Crippen molar-refractivity contribution in [3.05, 3.63) is 53.6 Å². The molecule has 2 aromatic rings. The Bertz CT molecular complexity index is 699. The van der Waals surface area contributed by atoms with Gasteiger partial charge in [-0.3, -0.25) is 4.79 Å². The van der Waals surface area contributed by atoms with Gasteiger partial charge in [0.25, 0.3) is 0 Å². The molecule has 2 rings (SSSR count). The normalized spacial score (nSPS) is 10.6. The maximum atomic E-state index is 12.2. The van der Waals surface area contributed by atoms with Crippen LogP contribution < -0.4 is 14.8 Å². The molecule has 0 aliphatic heterocycles. The lowest BCUT2D eigenvalue weighted by molar-refractivity contribution is -0.113. The molecular formula is C20H25NO3S. The topological polar surface area (TPSA) is 47.6 Å². The first-order valence-corrected chi connectivity index (χ1v) is 9.37. The van der Waals surface area contributed by atoms with Crippen molar-refractivity contribution >= 4 is 23.4 Å². The summed E-state index contributed by atoms with van der Waals surface area (Å²) in [5, 5.41) is 2.88. The van der Waals surface area contributed by atoms with Gasteiger partial charge in [0.2, 0.25) is 5.91 Å². The molecule has 5 heteroatoms. The van der Waals surface area contributed by atoms with Gasteiger partial charge in [0.1, 0.15) is 11.5 Å². The Balaban J connectivity index is 1.86. The van der Waals surface area contributed by atoms with Gasteiger partial charge in [0, 0.05) is 11.8 Å². The molecule has 25 heavy (non-hydrogen) atoms. The summed E-state index contributed by atoms with van der Waals surface area (Å²) < 4.78 is 10.5. The van der Waals surface area contributed by atoms with Crippen molar-refractivity contribution < 1.29 is 14.3 Å². The van der Waals surface area contributed by atoms with Crippen LogP contribution in [0.3, 0.4) is 0 Å². The number of nitrogens with one attached hydrogen (secondary N) is 1. The fourth-order valence-electron chi connectivity index (χ4n) is 2.36. The minimum Gasteiger partial charge on any atom is -0.497 e. The van der Waals surface area contributed by atoms with Crippen LogP contribution >= 0.6 is 11.8 Å². The Labute approximate surface area is 153 Å². The molecule has 0 saturated heterocycles. The highest BCUT2D eigenvalue weighted by Crippen LogP contribution is 2.29. The Kier molecular flexibility index (Phi) is 7.19. The molecule has 1 N–H and O–H groups in total. The van der Waals surface area contributed by atoms with E-state index in [9.17, 15) is 4.79 Å². The second-order valence-electron chi connectivity index (χ2n) is 6.00. The number of hydrogen-bond donors (Lipinski definition) is 1. The van der Waals surface area contributed by atoms with E-state index in [-0.39, 0.29) is 5.91 Å². The zero-order valence-electron chi connectivity index (χ0n) is 15.2. The van der Waals surface area contributed by atoms with Gasteiger partial charge in [-0.1, -0.05) is 38.1 Å². The predicted octanol–water partition coefficient (Wildman–Crippen LogP) is 4.70. The van der Waals surface area contributed by atoms with Gasteiger partial charge in [-0.25, -0.2) is 0 Å². The second kappa shape index (κ2) is 9.37. The molecule has 0 atom stereocenters. The molecular weight excluding hydrogens is 334 g/mol. The molecule has 0 aliphatic rings. The van der Waals surface area contributed by atoms with Gasteiger partial charge in [-0.05, 0) is 29.2 Å². The van der Waals surface area contributed by atoms with E-state index in [1.54, 1.807) is 44.2 Å². The zero-order chi connectivity index (χ0) is 18.2. The number of ether oxygens (including phenoxy) is 2. The molecule has 0 bridgehead atoms. The van der Waals surface area contributed by atoms with Gasteiger partial charge >= 0.3 is 0 Å². The van der Waals surface area contributed by atoms with Crippen molar-refractivity contribution in [2.45, 2.75) is 25.5 Å². The lowest BCUT2D eigenvalue weighted by Crippen LogP contribution is -2.15. The third-order valence-corrected chi connectivity index (χ3v) is 4.83.